The second-order valence-corrected chi connectivity index (χ2v) is 14.1. The van der Waals surface area contributed by atoms with E-state index in [9.17, 15) is 22.8 Å². The Morgan fingerprint density at radius 1 is 1.07 bits per heavy atom. The molecule has 1 atom stereocenters. The number of anilines is 1. The molecule has 0 aliphatic carbocycles. The molecular formula is C27H35Cl2N5O6S2. The van der Waals surface area contributed by atoms with Gasteiger partial charge in [-0.1, -0.05) is 29.3 Å². The zero-order valence-electron chi connectivity index (χ0n) is 23.5. The maximum Gasteiger partial charge on any atom is 0.261 e. The summed E-state index contributed by atoms with van der Waals surface area (Å²) in [4.78, 5) is 44.0. The van der Waals surface area contributed by atoms with Gasteiger partial charge in [-0.15, -0.1) is 11.3 Å². The quantitative estimate of drug-likeness (QED) is 0.359. The predicted octanol–water partition coefficient (Wildman–Crippen LogP) is 2.83. The topological polar surface area (TPSA) is 128 Å². The molecule has 0 radical (unpaired) electrons. The Hall–Kier alpha value is -2.26. The van der Waals surface area contributed by atoms with E-state index in [0.717, 1.165) is 17.9 Å². The molecule has 42 heavy (non-hydrogen) atoms. The Balaban J connectivity index is 1.50. The lowest BCUT2D eigenvalue weighted by Gasteiger charge is -2.36. The number of piperazine rings is 1. The van der Waals surface area contributed by atoms with Crippen LogP contribution >= 0.6 is 34.5 Å². The lowest BCUT2D eigenvalue weighted by Crippen LogP contribution is -2.58. The van der Waals surface area contributed by atoms with E-state index in [1.807, 2.05) is 13.8 Å². The molecule has 2 fully saturated rings. The van der Waals surface area contributed by atoms with Gasteiger partial charge >= 0.3 is 0 Å². The fraction of sp³-hybridized carbons (Fsp3) is 0.519. The number of carbonyl (C=O) groups is 3. The van der Waals surface area contributed by atoms with Crippen LogP contribution < -0.4 is 14.9 Å². The van der Waals surface area contributed by atoms with Crippen LogP contribution in [0.25, 0.3) is 0 Å². The fourth-order valence-corrected chi connectivity index (χ4v) is 7.57. The minimum Gasteiger partial charge on any atom is -0.377 e. The maximum atomic E-state index is 13.7. The maximum absolute atomic E-state index is 13.7. The molecule has 1 aromatic carbocycles. The molecule has 3 amide bonds. The van der Waals surface area contributed by atoms with Crippen molar-refractivity contribution in [3.8, 4) is 0 Å². The molecular weight excluding hydrogens is 625 g/mol. The molecule has 2 aliphatic heterocycles. The average Bonchev–Trinajstić information content (AvgIpc) is 3.58. The second-order valence-electron chi connectivity index (χ2n) is 10.3. The first-order valence-electron chi connectivity index (χ1n) is 13.7. The highest BCUT2D eigenvalue weighted by Gasteiger charge is 2.34. The Bertz CT molecular complexity index is 1400. The van der Waals surface area contributed by atoms with Crippen LogP contribution in [0, 0.1) is 0 Å². The lowest BCUT2D eigenvalue weighted by atomic mass is 10.2. The third-order valence-corrected chi connectivity index (χ3v) is 10.3. The van der Waals surface area contributed by atoms with Crippen molar-refractivity contribution < 1.29 is 27.5 Å². The summed E-state index contributed by atoms with van der Waals surface area (Å²) in [6.07, 6.45) is 1.13. The van der Waals surface area contributed by atoms with Gasteiger partial charge in [0.25, 0.3) is 5.91 Å². The second kappa shape index (κ2) is 14.5. The first-order valence-corrected chi connectivity index (χ1v) is 16.8. The van der Waals surface area contributed by atoms with Crippen LogP contribution in [0.4, 0.5) is 5.69 Å². The highest BCUT2D eigenvalue weighted by atomic mass is 35.5. The standard InChI is InChI=1S/C27H35Cl2N5O6S2/c1-18(2)40-16-15-32-11-13-33(14-12-32)27(37)19(17-30-26(36)21-8-9-23(28)41-21)31-42(38,39)22-6-3-5-20(25(22)29)34-10-4-7-24(34)35/h3,5-6,8-9,18-19,31H,4,7,10-17H2,1-2H3,(H,30,36)/t19-/m0/s1. The van der Waals surface area contributed by atoms with E-state index >= 15 is 0 Å². The number of ether oxygens (including phenoxy) is 1. The van der Waals surface area contributed by atoms with Crippen molar-refractivity contribution in [3.05, 3.63) is 44.6 Å². The van der Waals surface area contributed by atoms with Crippen molar-refractivity contribution in [3.63, 3.8) is 0 Å². The van der Waals surface area contributed by atoms with E-state index in [-0.39, 0.29) is 28.5 Å². The summed E-state index contributed by atoms with van der Waals surface area (Å²) in [7, 11) is -4.35. The van der Waals surface area contributed by atoms with Crippen molar-refractivity contribution >= 4 is 68.0 Å². The number of hydrogen-bond donors (Lipinski definition) is 2. The summed E-state index contributed by atoms with van der Waals surface area (Å²) in [5.41, 5.74) is 0.297. The van der Waals surface area contributed by atoms with Crippen molar-refractivity contribution in [2.75, 3.05) is 57.3 Å². The predicted molar refractivity (Wildman–Crippen MR) is 163 cm³/mol. The molecule has 0 saturated carbocycles. The number of hydrogen-bond acceptors (Lipinski definition) is 8. The Morgan fingerprint density at radius 2 is 1.81 bits per heavy atom. The van der Waals surface area contributed by atoms with E-state index < -0.39 is 27.9 Å². The smallest absolute Gasteiger partial charge is 0.261 e. The number of nitrogens with zero attached hydrogens (tertiary/aromatic N) is 3. The number of benzene rings is 1. The molecule has 11 nitrogen and oxygen atoms in total. The van der Waals surface area contributed by atoms with Gasteiger partial charge < -0.3 is 19.9 Å². The molecule has 0 bridgehead atoms. The van der Waals surface area contributed by atoms with E-state index in [4.69, 9.17) is 27.9 Å². The highest BCUT2D eigenvalue weighted by molar-refractivity contribution is 7.89. The molecule has 1 aromatic heterocycles. The third kappa shape index (κ3) is 8.22. The molecule has 2 aromatic rings. The van der Waals surface area contributed by atoms with Crippen LogP contribution in [-0.2, 0) is 24.3 Å². The van der Waals surface area contributed by atoms with Gasteiger partial charge in [0.05, 0.1) is 32.6 Å². The molecule has 15 heteroatoms. The molecule has 0 unspecified atom stereocenters. The summed E-state index contributed by atoms with van der Waals surface area (Å²) < 4.78 is 35.8. The minimum absolute atomic E-state index is 0.110. The summed E-state index contributed by atoms with van der Waals surface area (Å²) in [6.45, 7) is 7.37. The first-order chi connectivity index (χ1) is 20.0. The molecule has 230 valence electrons. The van der Waals surface area contributed by atoms with Gasteiger partial charge in [0, 0.05) is 52.2 Å². The normalized spacial score (nSPS) is 17.2. The number of carbonyl (C=O) groups excluding carboxylic acids is 3. The SMILES string of the molecule is CC(C)OCCN1CCN(C(=O)[C@H](CNC(=O)c2ccc(Cl)s2)NS(=O)(=O)c2cccc(N3CCCC3=O)c2Cl)CC1. The van der Waals surface area contributed by atoms with Crippen LogP contribution in [0.1, 0.15) is 36.4 Å². The number of thiophene rings is 1. The van der Waals surface area contributed by atoms with Crippen molar-refractivity contribution in [2.24, 2.45) is 0 Å². The van der Waals surface area contributed by atoms with E-state index in [2.05, 4.69) is 14.9 Å². The number of sulfonamides is 1. The zero-order valence-corrected chi connectivity index (χ0v) is 26.6. The summed E-state index contributed by atoms with van der Waals surface area (Å²) in [6, 6.07) is 6.24. The summed E-state index contributed by atoms with van der Waals surface area (Å²) >= 11 is 13.6. The van der Waals surface area contributed by atoms with Crippen LogP contribution in [0.15, 0.2) is 35.2 Å². The van der Waals surface area contributed by atoms with E-state index in [1.165, 1.54) is 17.0 Å². The largest absolute Gasteiger partial charge is 0.377 e. The zero-order chi connectivity index (χ0) is 30.4. The number of halogens is 2. The molecule has 3 heterocycles. The molecule has 0 spiro atoms. The molecule has 4 rings (SSSR count). The number of amides is 3. The van der Waals surface area contributed by atoms with Crippen molar-refractivity contribution in [1.29, 1.82) is 0 Å². The van der Waals surface area contributed by atoms with Crippen LogP contribution in [-0.4, -0.2) is 101 Å². The van der Waals surface area contributed by atoms with Gasteiger partial charge in [-0.05, 0) is 44.5 Å². The van der Waals surface area contributed by atoms with E-state index in [1.54, 1.807) is 23.1 Å². The van der Waals surface area contributed by atoms with Gasteiger partial charge in [0.1, 0.15) is 10.9 Å². The lowest BCUT2D eigenvalue weighted by molar-refractivity contribution is -0.134. The number of nitrogens with one attached hydrogen (secondary N) is 2. The number of rotatable bonds is 12. The molecule has 2 N–H and O–H groups in total. The van der Waals surface area contributed by atoms with Gasteiger partial charge in [-0.2, -0.15) is 4.72 Å². The molecule has 2 saturated heterocycles. The Kier molecular flexibility index (Phi) is 11.3. The first kappa shape index (κ1) is 32.6. The van der Waals surface area contributed by atoms with Gasteiger partial charge in [0.15, 0.2) is 0 Å². The third-order valence-electron chi connectivity index (χ3n) is 7.00. The average molecular weight is 661 g/mol. The van der Waals surface area contributed by atoms with Crippen molar-refractivity contribution in [2.45, 2.75) is 43.7 Å². The Labute approximate surface area is 260 Å². The monoisotopic (exact) mass is 659 g/mol. The van der Waals surface area contributed by atoms with Crippen LogP contribution in [0.5, 0.6) is 0 Å². The Morgan fingerprint density at radius 3 is 2.43 bits per heavy atom. The summed E-state index contributed by atoms with van der Waals surface area (Å²) in [5.74, 6) is -1.09. The van der Waals surface area contributed by atoms with Gasteiger partial charge in [0.2, 0.25) is 21.8 Å². The van der Waals surface area contributed by atoms with E-state index in [0.29, 0.717) is 67.1 Å². The van der Waals surface area contributed by atoms with Crippen LogP contribution in [0.3, 0.4) is 0 Å². The molecule has 2 aliphatic rings. The fourth-order valence-electron chi connectivity index (χ4n) is 4.80. The van der Waals surface area contributed by atoms with Gasteiger partial charge in [-0.3, -0.25) is 19.3 Å². The summed E-state index contributed by atoms with van der Waals surface area (Å²) in [5, 5.41) is 2.55. The van der Waals surface area contributed by atoms with Gasteiger partial charge in [-0.25, -0.2) is 8.42 Å². The highest BCUT2D eigenvalue weighted by Crippen LogP contribution is 2.34. The minimum atomic E-state index is -4.35. The van der Waals surface area contributed by atoms with Crippen molar-refractivity contribution in [1.82, 2.24) is 19.8 Å². The van der Waals surface area contributed by atoms with Crippen LogP contribution in [0.2, 0.25) is 9.36 Å².